The highest BCUT2D eigenvalue weighted by Gasteiger charge is 2.23. The summed E-state index contributed by atoms with van der Waals surface area (Å²) in [7, 11) is -0.448. The molecule has 0 aliphatic heterocycles. The molecule has 7 heteroatoms. The average molecular weight is 302 g/mol. The van der Waals surface area contributed by atoms with Crippen LogP contribution >= 0.6 is 0 Å². The molecule has 6 nitrogen and oxygen atoms in total. The maximum Gasteiger partial charge on any atom is 0.243 e. The van der Waals surface area contributed by atoms with Gasteiger partial charge in [0.15, 0.2) is 0 Å². The van der Waals surface area contributed by atoms with E-state index in [9.17, 15) is 8.42 Å². The van der Waals surface area contributed by atoms with Crippen molar-refractivity contribution in [1.82, 2.24) is 4.31 Å². The first-order valence-electron chi connectivity index (χ1n) is 6.39. The van der Waals surface area contributed by atoms with Crippen LogP contribution in [0.3, 0.4) is 0 Å². The van der Waals surface area contributed by atoms with Crippen LogP contribution in [0.1, 0.15) is 6.42 Å². The van der Waals surface area contributed by atoms with Gasteiger partial charge in [-0.15, -0.1) is 0 Å². The number of ether oxygens (including phenoxy) is 2. The molecule has 1 rings (SSSR count). The summed E-state index contributed by atoms with van der Waals surface area (Å²) in [5.74, 6) is 0.620. The van der Waals surface area contributed by atoms with Crippen molar-refractivity contribution < 1.29 is 17.9 Å². The standard InChI is InChI=1S/C13H22N2O4S/c1-18-11-10-15(9-3-8-14)20(16,17)13-6-4-12(19-2)5-7-13/h4-7H,3,8-11,14H2,1-2H3. The highest BCUT2D eigenvalue weighted by atomic mass is 32.2. The summed E-state index contributed by atoms with van der Waals surface area (Å²) >= 11 is 0. The van der Waals surface area contributed by atoms with Crippen molar-refractivity contribution in [2.75, 3.05) is 40.5 Å². The molecular formula is C13H22N2O4S. The Morgan fingerprint density at radius 2 is 1.80 bits per heavy atom. The Labute approximate surface area is 120 Å². The van der Waals surface area contributed by atoms with Crippen LogP contribution in [0.2, 0.25) is 0 Å². The maximum atomic E-state index is 12.5. The number of benzene rings is 1. The molecule has 1 aromatic rings. The zero-order chi connectivity index (χ0) is 15.0. The first-order valence-corrected chi connectivity index (χ1v) is 7.83. The first kappa shape index (κ1) is 16.9. The second kappa shape index (κ2) is 8.21. The largest absolute Gasteiger partial charge is 0.497 e. The second-order valence-electron chi connectivity index (χ2n) is 4.21. The molecule has 0 fully saturated rings. The van der Waals surface area contributed by atoms with Gasteiger partial charge in [0.1, 0.15) is 5.75 Å². The highest BCUT2D eigenvalue weighted by molar-refractivity contribution is 7.89. The molecule has 0 radical (unpaired) electrons. The molecule has 0 atom stereocenters. The number of hydrogen-bond donors (Lipinski definition) is 1. The molecular weight excluding hydrogens is 280 g/mol. The van der Waals surface area contributed by atoms with Gasteiger partial charge in [-0.1, -0.05) is 0 Å². The molecule has 0 amide bonds. The van der Waals surface area contributed by atoms with E-state index in [1.54, 1.807) is 19.2 Å². The van der Waals surface area contributed by atoms with Gasteiger partial charge in [0, 0.05) is 20.2 Å². The predicted octanol–water partition coefficient (Wildman–Crippen LogP) is 0.681. The predicted molar refractivity (Wildman–Crippen MR) is 77.3 cm³/mol. The van der Waals surface area contributed by atoms with Crippen molar-refractivity contribution >= 4 is 10.0 Å². The normalized spacial score (nSPS) is 11.8. The molecule has 114 valence electrons. The Kier molecular flexibility index (Phi) is 6.94. The van der Waals surface area contributed by atoms with E-state index in [4.69, 9.17) is 15.2 Å². The van der Waals surface area contributed by atoms with Gasteiger partial charge in [0.25, 0.3) is 0 Å². The second-order valence-corrected chi connectivity index (χ2v) is 6.15. The van der Waals surface area contributed by atoms with Crippen LogP contribution in [-0.2, 0) is 14.8 Å². The fourth-order valence-electron chi connectivity index (χ4n) is 1.71. The molecule has 0 spiro atoms. The van der Waals surface area contributed by atoms with E-state index in [1.807, 2.05) is 0 Å². The molecule has 0 saturated carbocycles. The van der Waals surface area contributed by atoms with E-state index in [-0.39, 0.29) is 4.90 Å². The quantitative estimate of drug-likeness (QED) is 0.725. The van der Waals surface area contributed by atoms with Crippen molar-refractivity contribution in [1.29, 1.82) is 0 Å². The van der Waals surface area contributed by atoms with Gasteiger partial charge in [0.05, 0.1) is 18.6 Å². The zero-order valence-electron chi connectivity index (χ0n) is 11.9. The van der Waals surface area contributed by atoms with E-state index in [1.165, 1.54) is 23.5 Å². The number of rotatable bonds is 9. The van der Waals surface area contributed by atoms with Crippen LogP contribution in [0, 0.1) is 0 Å². The lowest BCUT2D eigenvalue weighted by Crippen LogP contribution is -2.35. The van der Waals surface area contributed by atoms with Crippen LogP contribution < -0.4 is 10.5 Å². The topological polar surface area (TPSA) is 81.9 Å². The summed E-state index contributed by atoms with van der Waals surface area (Å²) in [5.41, 5.74) is 5.46. The van der Waals surface area contributed by atoms with E-state index < -0.39 is 10.0 Å². The van der Waals surface area contributed by atoms with Gasteiger partial charge in [-0.3, -0.25) is 0 Å². The number of methoxy groups -OCH3 is 2. The Balaban J connectivity index is 2.94. The molecule has 0 aliphatic rings. The molecule has 0 unspecified atom stereocenters. The van der Waals surface area contributed by atoms with Crippen molar-refractivity contribution in [3.63, 3.8) is 0 Å². The SMILES string of the molecule is COCCN(CCCN)S(=O)(=O)c1ccc(OC)cc1. The molecule has 0 heterocycles. The third-order valence-corrected chi connectivity index (χ3v) is 4.77. The number of nitrogens with zero attached hydrogens (tertiary/aromatic N) is 1. The molecule has 0 bridgehead atoms. The van der Waals surface area contributed by atoms with Crippen LogP contribution in [0.5, 0.6) is 5.75 Å². The lowest BCUT2D eigenvalue weighted by Gasteiger charge is -2.21. The number of nitrogens with two attached hydrogens (primary N) is 1. The summed E-state index contributed by atoms with van der Waals surface area (Å²) in [6.45, 7) is 1.49. The van der Waals surface area contributed by atoms with Crippen molar-refractivity contribution in [3.05, 3.63) is 24.3 Å². The molecule has 0 aliphatic carbocycles. The zero-order valence-corrected chi connectivity index (χ0v) is 12.7. The summed E-state index contributed by atoms with van der Waals surface area (Å²) in [4.78, 5) is 0.242. The van der Waals surface area contributed by atoms with Gasteiger partial charge in [-0.05, 0) is 37.2 Å². The monoisotopic (exact) mass is 302 g/mol. The van der Waals surface area contributed by atoms with E-state index in [0.29, 0.717) is 38.4 Å². The third kappa shape index (κ3) is 4.45. The lowest BCUT2D eigenvalue weighted by molar-refractivity contribution is 0.178. The fourth-order valence-corrected chi connectivity index (χ4v) is 3.17. The Bertz CT molecular complexity index is 480. The Morgan fingerprint density at radius 1 is 1.15 bits per heavy atom. The summed E-state index contributed by atoms with van der Waals surface area (Å²) in [6.07, 6.45) is 0.610. The Hall–Kier alpha value is -1.15. The molecule has 2 N–H and O–H groups in total. The number of sulfonamides is 1. The van der Waals surface area contributed by atoms with Crippen molar-refractivity contribution in [2.24, 2.45) is 5.73 Å². The first-order chi connectivity index (χ1) is 9.56. The van der Waals surface area contributed by atoms with Gasteiger partial charge in [0.2, 0.25) is 10.0 Å². The van der Waals surface area contributed by atoms with Gasteiger partial charge < -0.3 is 15.2 Å². The smallest absolute Gasteiger partial charge is 0.243 e. The third-order valence-electron chi connectivity index (χ3n) is 2.85. The fraction of sp³-hybridized carbons (Fsp3) is 0.538. The highest BCUT2D eigenvalue weighted by Crippen LogP contribution is 2.19. The molecule has 20 heavy (non-hydrogen) atoms. The van der Waals surface area contributed by atoms with Crippen molar-refractivity contribution in [3.8, 4) is 5.75 Å². The van der Waals surface area contributed by atoms with Gasteiger partial charge in [-0.25, -0.2) is 8.42 Å². The van der Waals surface area contributed by atoms with Crippen LogP contribution in [0.25, 0.3) is 0 Å². The van der Waals surface area contributed by atoms with Gasteiger partial charge in [-0.2, -0.15) is 4.31 Å². The summed E-state index contributed by atoms with van der Waals surface area (Å²) in [5, 5.41) is 0. The molecule has 0 saturated heterocycles. The van der Waals surface area contributed by atoms with E-state index in [2.05, 4.69) is 0 Å². The molecule has 1 aromatic carbocycles. The van der Waals surface area contributed by atoms with Crippen LogP contribution in [0.4, 0.5) is 0 Å². The lowest BCUT2D eigenvalue weighted by atomic mass is 10.3. The average Bonchev–Trinajstić information content (AvgIpc) is 2.47. The minimum absolute atomic E-state index is 0.242. The van der Waals surface area contributed by atoms with Crippen LogP contribution in [0.15, 0.2) is 29.2 Å². The summed E-state index contributed by atoms with van der Waals surface area (Å²) < 4.78 is 36.4. The van der Waals surface area contributed by atoms with E-state index >= 15 is 0 Å². The van der Waals surface area contributed by atoms with Crippen LogP contribution in [-0.4, -0.2) is 53.2 Å². The van der Waals surface area contributed by atoms with Crippen molar-refractivity contribution in [2.45, 2.75) is 11.3 Å². The van der Waals surface area contributed by atoms with Gasteiger partial charge >= 0.3 is 0 Å². The maximum absolute atomic E-state index is 12.5. The van der Waals surface area contributed by atoms with E-state index in [0.717, 1.165) is 0 Å². The Morgan fingerprint density at radius 3 is 2.30 bits per heavy atom. The molecule has 0 aromatic heterocycles. The minimum atomic E-state index is -3.53. The number of hydrogen-bond acceptors (Lipinski definition) is 5. The summed E-state index contributed by atoms with van der Waals surface area (Å²) in [6, 6.07) is 6.33. The minimum Gasteiger partial charge on any atom is -0.497 e.